The Kier molecular flexibility index (Phi) is 8.33. The van der Waals surface area contributed by atoms with Gasteiger partial charge in [-0.2, -0.15) is 0 Å². The van der Waals surface area contributed by atoms with Gasteiger partial charge in [-0.25, -0.2) is 9.59 Å². The number of nitrogens with zero attached hydrogens (tertiary/aromatic N) is 1. The van der Waals surface area contributed by atoms with E-state index in [1.54, 1.807) is 30.3 Å². The van der Waals surface area contributed by atoms with Gasteiger partial charge in [0.15, 0.2) is 6.29 Å². The molecule has 3 unspecified atom stereocenters. The summed E-state index contributed by atoms with van der Waals surface area (Å²) < 4.78 is 16.9. The first kappa shape index (κ1) is 24.7. The molecule has 2 heterocycles. The maximum atomic E-state index is 13.6. The number of carboxylic acids is 1. The second kappa shape index (κ2) is 11.8. The van der Waals surface area contributed by atoms with E-state index in [-0.39, 0.29) is 19.6 Å². The third kappa shape index (κ3) is 6.58. The Balaban J connectivity index is 1.46. The Morgan fingerprint density at radius 1 is 1.06 bits per heavy atom. The fourth-order valence-corrected chi connectivity index (χ4v) is 4.39. The van der Waals surface area contributed by atoms with E-state index < -0.39 is 42.4 Å². The molecule has 0 bridgehead atoms. The van der Waals surface area contributed by atoms with Gasteiger partial charge in [0.2, 0.25) is 0 Å². The van der Waals surface area contributed by atoms with Gasteiger partial charge in [0.1, 0.15) is 18.7 Å². The number of likely N-dealkylation sites (tertiary alicyclic amines) is 1. The first-order valence-corrected chi connectivity index (χ1v) is 11.8. The lowest BCUT2D eigenvalue weighted by Crippen LogP contribution is -2.47. The van der Waals surface area contributed by atoms with Crippen molar-refractivity contribution in [2.24, 2.45) is 0 Å². The van der Waals surface area contributed by atoms with Gasteiger partial charge in [-0.15, -0.1) is 0 Å². The summed E-state index contributed by atoms with van der Waals surface area (Å²) in [6, 6.07) is 15.7. The quantitative estimate of drug-likeness (QED) is 0.594. The number of carboxylic acid groups (broad SMARTS) is 1. The van der Waals surface area contributed by atoms with E-state index in [1.165, 1.54) is 4.90 Å². The van der Waals surface area contributed by atoms with Gasteiger partial charge in [0, 0.05) is 19.6 Å². The van der Waals surface area contributed by atoms with Crippen molar-refractivity contribution in [2.75, 3.05) is 13.2 Å². The van der Waals surface area contributed by atoms with Gasteiger partial charge in [-0.1, -0.05) is 60.7 Å². The number of rotatable bonds is 8. The number of carbonyl (C=O) groups is 3. The Morgan fingerprint density at radius 3 is 2.43 bits per heavy atom. The average Bonchev–Trinajstić information content (AvgIpc) is 3.31. The van der Waals surface area contributed by atoms with Crippen molar-refractivity contribution in [3.05, 3.63) is 71.8 Å². The molecule has 2 amide bonds. The number of ether oxygens (including phenoxy) is 3. The van der Waals surface area contributed by atoms with Crippen molar-refractivity contribution < 1.29 is 33.7 Å². The topological polar surface area (TPSA) is 114 Å². The summed E-state index contributed by atoms with van der Waals surface area (Å²) in [5, 5.41) is 12.4. The molecule has 4 rings (SSSR count). The molecule has 0 spiro atoms. The van der Waals surface area contributed by atoms with E-state index in [4.69, 9.17) is 14.2 Å². The molecule has 0 radical (unpaired) electrons. The van der Waals surface area contributed by atoms with Gasteiger partial charge >= 0.3 is 12.1 Å². The number of alkyl carbamates (subject to hydrolysis) is 1. The van der Waals surface area contributed by atoms with Crippen LogP contribution >= 0.6 is 0 Å². The molecule has 2 N–H and O–H groups in total. The minimum absolute atomic E-state index is 0.0428. The van der Waals surface area contributed by atoms with Gasteiger partial charge in [0.25, 0.3) is 5.91 Å². The van der Waals surface area contributed by atoms with Crippen LogP contribution in [0.1, 0.15) is 42.9 Å². The molecular formula is C26H30N2O7. The Hall–Kier alpha value is -3.43. The monoisotopic (exact) mass is 482 g/mol. The predicted molar refractivity (Wildman–Crippen MR) is 125 cm³/mol. The van der Waals surface area contributed by atoms with Crippen LogP contribution in [0.2, 0.25) is 0 Å². The van der Waals surface area contributed by atoms with E-state index in [9.17, 15) is 19.5 Å². The maximum Gasteiger partial charge on any atom is 0.408 e. The average molecular weight is 483 g/mol. The molecule has 2 aliphatic rings. The van der Waals surface area contributed by atoms with Crippen LogP contribution < -0.4 is 5.32 Å². The van der Waals surface area contributed by atoms with E-state index >= 15 is 0 Å². The van der Waals surface area contributed by atoms with Gasteiger partial charge in [0.05, 0.1) is 6.10 Å². The predicted octanol–water partition coefficient (Wildman–Crippen LogP) is 3.25. The lowest BCUT2D eigenvalue weighted by Gasteiger charge is -2.28. The largest absolute Gasteiger partial charge is 0.480 e. The SMILES string of the molecule is O=C(N[C@H](C(=O)N1CC(OC2CCCCO2)CC1C(=O)O)c1ccccc1)OCc1ccccc1. The van der Waals surface area contributed by atoms with Gasteiger partial charge < -0.3 is 29.5 Å². The standard InChI is InChI=1S/C26H30N2O7/c29-24(28-16-20(15-21(28)25(30)31)35-22-13-7-8-14-33-22)23(19-11-5-2-6-12-19)27-26(32)34-17-18-9-3-1-4-10-18/h1-6,9-12,20-23H,7-8,13-17H2,(H,27,32)(H,30,31)/t20?,21?,22?,23-/m0/s1. The summed E-state index contributed by atoms with van der Waals surface area (Å²) in [6.45, 7) is 0.744. The van der Waals surface area contributed by atoms with E-state index in [1.807, 2.05) is 30.3 Å². The number of aliphatic carboxylic acids is 1. The van der Waals surface area contributed by atoms with Crippen molar-refractivity contribution in [2.45, 2.75) is 56.8 Å². The number of carbonyl (C=O) groups excluding carboxylic acids is 2. The Bertz CT molecular complexity index is 995. The minimum atomic E-state index is -1.12. The van der Waals surface area contributed by atoms with Crippen molar-refractivity contribution in [1.82, 2.24) is 10.2 Å². The summed E-state index contributed by atoms with van der Waals surface area (Å²) in [7, 11) is 0. The van der Waals surface area contributed by atoms with Crippen LogP contribution in [0.4, 0.5) is 4.79 Å². The molecule has 35 heavy (non-hydrogen) atoms. The minimum Gasteiger partial charge on any atom is -0.480 e. The Labute approximate surface area is 204 Å². The smallest absolute Gasteiger partial charge is 0.408 e. The highest BCUT2D eigenvalue weighted by atomic mass is 16.7. The third-order valence-electron chi connectivity index (χ3n) is 6.17. The number of hydrogen-bond donors (Lipinski definition) is 2. The molecule has 4 atom stereocenters. The molecular weight excluding hydrogens is 452 g/mol. The summed E-state index contributed by atoms with van der Waals surface area (Å²) in [5.74, 6) is -1.65. The fourth-order valence-electron chi connectivity index (χ4n) is 4.39. The molecule has 2 fully saturated rings. The lowest BCUT2D eigenvalue weighted by atomic mass is 10.1. The highest BCUT2D eigenvalue weighted by molar-refractivity contribution is 5.90. The zero-order valence-electron chi connectivity index (χ0n) is 19.4. The van der Waals surface area contributed by atoms with Crippen LogP contribution in [0.3, 0.4) is 0 Å². The van der Waals surface area contributed by atoms with Crippen LogP contribution in [0.5, 0.6) is 0 Å². The number of amides is 2. The Morgan fingerprint density at radius 2 is 1.77 bits per heavy atom. The van der Waals surface area contributed by atoms with Crippen molar-refractivity contribution >= 4 is 18.0 Å². The zero-order valence-corrected chi connectivity index (χ0v) is 19.4. The van der Waals surface area contributed by atoms with E-state index in [2.05, 4.69) is 5.32 Å². The van der Waals surface area contributed by atoms with Gasteiger partial charge in [-0.05, 0) is 30.4 Å². The molecule has 0 saturated carbocycles. The summed E-state index contributed by atoms with van der Waals surface area (Å²) in [5.41, 5.74) is 1.33. The lowest BCUT2D eigenvalue weighted by molar-refractivity contribution is -0.185. The number of hydrogen-bond acceptors (Lipinski definition) is 6. The molecule has 0 aliphatic carbocycles. The van der Waals surface area contributed by atoms with Crippen LogP contribution in [0.15, 0.2) is 60.7 Å². The second-order valence-electron chi connectivity index (χ2n) is 8.68. The highest BCUT2D eigenvalue weighted by Crippen LogP contribution is 2.28. The summed E-state index contributed by atoms with van der Waals surface area (Å²) >= 11 is 0. The molecule has 2 aromatic rings. The number of benzene rings is 2. The van der Waals surface area contributed by atoms with E-state index in [0.717, 1.165) is 24.8 Å². The second-order valence-corrected chi connectivity index (χ2v) is 8.68. The van der Waals surface area contributed by atoms with Gasteiger partial charge in [-0.3, -0.25) is 4.79 Å². The van der Waals surface area contributed by atoms with Crippen molar-refractivity contribution in [3.63, 3.8) is 0 Å². The summed E-state index contributed by atoms with van der Waals surface area (Å²) in [4.78, 5) is 39.5. The fraction of sp³-hybridized carbons (Fsp3) is 0.423. The summed E-state index contributed by atoms with van der Waals surface area (Å²) in [6.07, 6.45) is 1.21. The molecule has 0 aromatic heterocycles. The molecule has 9 nitrogen and oxygen atoms in total. The third-order valence-corrected chi connectivity index (χ3v) is 6.17. The molecule has 9 heteroatoms. The first-order chi connectivity index (χ1) is 17.0. The highest BCUT2D eigenvalue weighted by Gasteiger charge is 2.44. The van der Waals surface area contributed by atoms with Crippen LogP contribution in [0.25, 0.3) is 0 Å². The first-order valence-electron chi connectivity index (χ1n) is 11.8. The molecule has 2 aliphatic heterocycles. The van der Waals surface area contributed by atoms with Crippen LogP contribution in [-0.2, 0) is 30.4 Å². The molecule has 2 saturated heterocycles. The maximum absolute atomic E-state index is 13.6. The molecule has 186 valence electrons. The molecule has 2 aromatic carbocycles. The normalized spacial score (nSPS) is 22.9. The van der Waals surface area contributed by atoms with Crippen LogP contribution in [-0.4, -0.2) is 59.6 Å². The zero-order chi connectivity index (χ0) is 24.6. The van der Waals surface area contributed by atoms with Crippen molar-refractivity contribution in [1.29, 1.82) is 0 Å². The number of nitrogens with one attached hydrogen (secondary N) is 1. The van der Waals surface area contributed by atoms with Crippen LogP contribution in [0, 0.1) is 0 Å². The van der Waals surface area contributed by atoms with E-state index in [0.29, 0.717) is 12.2 Å². The van der Waals surface area contributed by atoms with Crippen molar-refractivity contribution in [3.8, 4) is 0 Å².